The van der Waals surface area contributed by atoms with Crippen LogP contribution in [0.2, 0.25) is 0 Å². The van der Waals surface area contributed by atoms with Gasteiger partial charge >= 0.3 is 0 Å². The Bertz CT molecular complexity index is 2790. The van der Waals surface area contributed by atoms with Crippen molar-refractivity contribution < 1.29 is 0 Å². The summed E-state index contributed by atoms with van der Waals surface area (Å²) in [7, 11) is 0. The summed E-state index contributed by atoms with van der Waals surface area (Å²) in [5.74, 6) is 0. The largest absolute Gasteiger partial charge is 0.310 e. The highest BCUT2D eigenvalue weighted by atomic mass is 15.1. The number of benzene rings is 8. The van der Waals surface area contributed by atoms with Crippen LogP contribution >= 0.6 is 0 Å². The Balaban J connectivity index is 1.15. The molecular weight excluding hydrogens is 641 g/mol. The molecule has 0 amide bonds. The van der Waals surface area contributed by atoms with E-state index in [4.69, 9.17) is 0 Å². The zero-order chi connectivity index (χ0) is 35.5. The smallest absolute Gasteiger partial charge is 0.0543 e. The minimum Gasteiger partial charge on any atom is -0.310 e. The fourth-order valence-electron chi connectivity index (χ4n) is 8.61. The van der Waals surface area contributed by atoms with Crippen molar-refractivity contribution in [3.63, 3.8) is 0 Å². The summed E-state index contributed by atoms with van der Waals surface area (Å²) in [6.45, 7) is 4.71. The van der Waals surface area contributed by atoms with Gasteiger partial charge < -0.3 is 9.47 Å². The molecule has 9 aromatic rings. The van der Waals surface area contributed by atoms with E-state index in [0.717, 1.165) is 11.4 Å². The second-order valence-corrected chi connectivity index (χ2v) is 14.6. The van der Waals surface area contributed by atoms with Gasteiger partial charge in [0.1, 0.15) is 0 Å². The van der Waals surface area contributed by atoms with Crippen LogP contribution in [0.4, 0.5) is 17.1 Å². The predicted molar refractivity (Wildman–Crippen MR) is 224 cm³/mol. The van der Waals surface area contributed by atoms with Gasteiger partial charge in [-0.05, 0) is 99.6 Å². The summed E-state index contributed by atoms with van der Waals surface area (Å²) in [4.78, 5) is 2.45. The zero-order valence-electron chi connectivity index (χ0n) is 29.9. The normalized spacial score (nSPS) is 12.9. The zero-order valence-corrected chi connectivity index (χ0v) is 29.9. The predicted octanol–water partition coefficient (Wildman–Crippen LogP) is 13.9. The van der Waals surface area contributed by atoms with E-state index in [-0.39, 0.29) is 5.41 Å². The molecule has 0 bridgehead atoms. The molecule has 1 aliphatic carbocycles. The fraction of sp³-hybridized carbons (Fsp3) is 0.0588. The third-order valence-corrected chi connectivity index (χ3v) is 11.2. The van der Waals surface area contributed by atoms with Crippen molar-refractivity contribution in [2.75, 3.05) is 4.90 Å². The molecular formula is C51H38N2. The van der Waals surface area contributed by atoms with Crippen molar-refractivity contribution >= 4 is 38.9 Å². The van der Waals surface area contributed by atoms with Crippen molar-refractivity contribution in [1.29, 1.82) is 0 Å². The molecule has 0 unspecified atom stereocenters. The van der Waals surface area contributed by atoms with Crippen LogP contribution in [-0.2, 0) is 5.41 Å². The van der Waals surface area contributed by atoms with Gasteiger partial charge in [-0.15, -0.1) is 0 Å². The minimum atomic E-state index is -0.0963. The standard InChI is InChI=1S/C51H38N2/c1-51(2)45-23-11-9-22-43(45)50-46(51)24-14-26-49(50)52(40-30-27-36(28-31-40)35-15-5-3-6-16-35)41-20-13-17-37(33-41)38-29-32-48-44(34-38)42-21-10-12-25-47(42)53(48)39-18-7-4-8-19-39/h3-34H,1-2H3. The van der Waals surface area contributed by atoms with E-state index in [1.54, 1.807) is 0 Å². The van der Waals surface area contributed by atoms with E-state index >= 15 is 0 Å². The van der Waals surface area contributed by atoms with Gasteiger partial charge in [0.15, 0.2) is 0 Å². The summed E-state index contributed by atoms with van der Waals surface area (Å²) in [6, 6.07) is 70.8. The van der Waals surface area contributed by atoms with Gasteiger partial charge in [0.05, 0.1) is 16.7 Å². The lowest BCUT2D eigenvalue weighted by Crippen LogP contribution is -2.16. The molecule has 2 heteroatoms. The average molecular weight is 679 g/mol. The van der Waals surface area contributed by atoms with Crippen LogP contribution in [0.3, 0.4) is 0 Å². The molecule has 0 saturated carbocycles. The summed E-state index contributed by atoms with van der Waals surface area (Å²) in [5, 5.41) is 2.51. The van der Waals surface area contributed by atoms with Gasteiger partial charge in [-0.2, -0.15) is 0 Å². The van der Waals surface area contributed by atoms with Crippen LogP contribution in [0.25, 0.3) is 60.9 Å². The second-order valence-electron chi connectivity index (χ2n) is 14.6. The molecule has 0 N–H and O–H groups in total. The number of para-hydroxylation sites is 2. The number of anilines is 3. The number of rotatable bonds is 6. The Kier molecular flexibility index (Phi) is 7.19. The minimum absolute atomic E-state index is 0.0963. The van der Waals surface area contributed by atoms with E-state index in [1.807, 2.05) is 0 Å². The van der Waals surface area contributed by atoms with Gasteiger partial charge in [-0.25, -0.2) is 0 Å². The molecule has 252 valence electrons. The third-order valence-electron chi connectivity index (χ3n) is 11.2. The van der Waals surface area contributed by atoms with E-state index in [2.05, 4.69) is 217 Å². The van der Waals surface area contributed by atoms with Gasteiger partial charge in [0.25, 0.3) is 0 Å². The van der Waals surface area contributed by atoms with Crippen molar-refractivity contribution in [2.45, 2.75) is 19.3 Å². The van der Waals surface area contributed by atoms with E-state index in [1.165, 1.54) is 77.7 Å². The number of fused-ring (bicyclic) bond motifs is 6. The molecule has 1 aromatic heterocycles. The first-order chi connectivity index (χ1) is 26.1. The highest BCUT2D eigenvalue weighted by Gasteiger charge is 2.37. The first-order valence-corrected chi connectivity index (χ1v) is 18.4. The maximum absolute atomic E-state index is 2.45. The van der Waals surface area contributed by atoms with Crippen LogP contribution < -0.4 is 4.90 Å². The Morgan fingerprint density at radius 3 is 1.85 bits per heavy atom. The molecule has 0 saturated heterocycles. The molecule has 2 nitrogen and oxygen atoms in total. The molecule has 1 aliphatic rings. The van der Waals surface area contributed by atoms with Gasteiger partial charge in [0, 0.05) is 38.8 Å². The van der Waals surface area contributed by atoms with Gasteiger partial charge in [0.2, 0.25) is 0 Å². The highest BCUT2D eigenvalue weighted by Crippen LogP contribution is 2.54. The van der Waals surface area contributed by atoms with Crippen LogP contribution in [0.5, 0.6) is 0 Å². The molecule has 1 heterocycles. The Labute approximate surface area is 310 Å². The molecule has 0 fully saturated rings. The van der Waals surface area contributed by atoms with Crippen molar-refractivity contribution in [1.82, 2.24) is 4.57 Å². The lowest BCUT2D eigenvalue weighted by atomic mass is 9.82. The summed E-state index contributed by atoms with van der Waals surface area (Å²) in [6.07, 6.45) is 0. The summed E-state index contributed by atoms with van der Waals surface area (Å²) < 4.78 is 2.38. The highest BCUT2D eigenvalue weighted by molar-refractivity contribution is 6.10. The summed E-state index contributed by atoms with van der Waals surface area (Å²) in [5.41, 5.74) is 17.1. The fourth-order valence-corrected chi connectivity index (χ4v) is 8.61. The maximum atomic E-state index is 2.45. The second kappa shape index (κ2) is 12.3. The quantitative estimate of drug-likeness (QED) is 0.170. The van der Waals surface area contributed by atoms with Crippen molar-refractivity contribution in [3.8, 4) is 39.1 Å². The molecule has 0 atom stereocenters. The van der Waals surface area contributed by atoms with Crippen LogP contribution in [-0.4, -0.2) is 4.57 Å². The first kappa shape index (κ1) is 31.1. The molecule has 10 rings (SSSR count). The number of aromatic nitrogens is 1. The Morgan fingerprint density at radius 2 is 1.02 bits per heavy atom. The first-order valence-electron chi connectivity index (χ1n) is 18.4. The van der Waals surface area contributed by atoms with E-state index < -0.39 is 0 Å². The van der Waals surface area contributed by atoms with Crippen LogP contribution in [0.1, 0.15) is 25.0 Å². The lowest BCUT2D eigenvalue weighted by molar-refractivity contribution is 0.660. The Hall–Kier alpha value is -6.64. The van der Waals surface area contributed by atoms with Gasteiger partial charge in [-0.3, -0.25) is 0 Å². The molecule has 53 heavy (non-hydrogen) atoms. The van der Waals surface area contributed by atoms with Crippen LogP contribution in [0.15, 0.2) is 194 Å². The van der Waals surface area contributed by atoms with Gasteiger partial charge in [-0.1, -0.05) is 147 Å². The number of hydrogen-bond acceptors (Lipinski definition) is 1. The SMILES string of the molecule is CC1(C)c2ccccc2-c2c(N(c3ccc(-c4ccccc4)cc3)c3cccc(-c4ccc5c(c4)c4ccccc4n5-c4ccccc4)c3)cccc21. The lowest BCUT2D eigenvalue weighted by Gasteiger charge is -2.29. The molecule has 0 spiro atoms. The number of hydrogen-bond donors (Lipinski definition) is 0. The maximum Gasteiger partial charge on any atom is 0.0543 e. The topological polar surface area (TPSA) is 8.17 Å². The summed E-state index contributed by atoms with van der Waals surface area (Å²) >= 11 is 0. The molecule has 0 aliphatic heterocycles. The number of nitrogens with zero attached hydrogens (tertiary/aromatic N) is 2. The monoisotopic (exact) mass is 678 g/mol. The van der Waals surface area contributed by atoms with E-state index in [9.17, 15) is 0 Å². The van der Waals surface area contributed by atoms with E-state index in [0.29, 0.717) is 0 Å². The Morgan fingerprint density at radius 1 is 0.415 bits per heavy atom. The van der Waals surface area contributed by atoms with Crippen molar-refractivity contribution in [2.24, 2.45) is 0 Å². The molecule has 0 radical (unpaired) electrons. The third kappa shape index (κ3) is 5.02. The van der Waals surface area contributed by atoms with Crippen LogP contribution in [0, 0.1) is 0 Å². The van der Waals surface area contributed by atoms with Crippen molar-refractivity contribution in [3.05, 3.63) is 205 Å². The average Bonchev–Trinajstić information content (AvgIpc) is 3.67. The molecule has 8 aromatic carbocycles.